The molecule has 2 N–H and O–H groups in total. The number of hydrogen-bond donors (Lipinski definition) is 2. The molecule has 2 heterocycles. The average molecular weight is 447 g/mol. The van der Waals surface area contributed by atoms with Crippen LogP contribution in [0.5, 0.6) is 0 Å². The Morgan fingerprint density at radius 2 is 1.56 bits per heavy atom. The van der Waals surface area contributed by atoms with E-state index < -0.39 is 16.3 Å². The first-order valence-corrected chi connectivity index (χ1v) is 12.2. The van der Waals surface area contributed by atoms with Gasteiger partial charge in [-0.25, -0.2) is 12.7 Å². The molecule has 0 spiro atoms. The van der Waals surface area contributed by atoms with E-state index in [2.05, 4.69) is 24.0 Å². The fourth-order valence-corrected chi connectivity index (χ4v) is 6.45. The molecule has 0 radical (unpaired) electrons. The van der Waals surface area contributed by atoms with Crippen molar-refractivity contribution in [1.82, 2.24) is 4.98 Å². The summed E-state index contributed by atoms with van der Waals surface area (Å²) in [5.74, 6) is -0.0736. The van der Waals surface area contributed by atoms with Crippen LogP contribution < -0.4 is 4.31 Å². The quantitative estimate of drug-likeness (QED) is 0.461. The van der Waals surface area contributed by atoms with E-state index in [1.54, 1.807) is 24.3 Å². The summed E-state index contributed by atoms with van der Waals surface area (Å²) in [5, 5.41) is 12.4. The third kappa shape index (κ3) is 3.05. The lowest BCUT2D eigenvalue weighted by atomic mass is 9.76. The van der Waals surface area contributed by atoms with Gasteiger partial charge in [-0.3, -0.25) is 0 Å². The molecule has 4 aromatic rings. The highest BCUT2D eigenvalue weighted by atomic mass is 32.2. The number of aliphatic hydroxyl groups is 1. The third-order valence-corrected chi connectivity index (χ3v) is 8.38. The van der Waals surface area contributed by atoms with Crippen molar-refractivity contribution in [2.24, 2.45) is 5.92 Å². The van der Waals surface area contributed by atoms with Crippen LogP contribution >= 0.6 is 0 Å². The Hall–Kier alpha value is -3.09. The van der Waals surface area contributed by atoms with Crippen molar-refractivity contribution in [1.29, 1.82) is 0 Å². The zero-order chi connectivity index (χ0) is 22.6. The fraction of sp³-hybridized carbons (Fsp3) is 0.231. The van der Waals surface area contributed by atoms with Crippen molar-refractivity contribution < 1.29 is 13.5 Å². The van der Waals surface area contributed by atoms with Crippen LogP contribution in [0.15, 0.2) is 77.7 Å². The molecule has 0 saturated carbocycles. The molecule has 0 aliphatic carbocycles. The van der Waals surface area contributed by atoms with Crippen molar-refractivity contribution in [3.63, 3.8) is 0 Å². The molecular weight excluding hydrogens is 420 g/mol. The first-order chi connectivity index (χ1) is 15.3. The zero-order valence-electron chi connectivity index (χ0n) is 18.3. The monoisotopic (exact) mass is 446 g/mol. The van der Waals surface area contributed by atoms with E-state index >= 15 is 0 Å². The van der Waals surface area contributed by atoms with Gasteiger partial charge in [0.15, 0.2) is 0 Å². The van der Waals surface area contributed by atoms with Crippen LogP contribution in [0.1, 0.15) is 35.1 Å². The zero-order valence-corrected chi connectivity index (χ0v) is 19.1. The molecule has 5 nitrogen and oxygen atoms in total. The van der Waals surface area contributed by atoms with E-state index in [0.29, 0.717) is 5.82 Å². The fourth-order valence-electron chi connectivity index (χ4n) is 4.88. The number of hydrogen-bond acceptors (Lipinski definition) is 3. The van der Waals surface area contributed by atoms with Gasteiger partial charge in [0.05, 0.1) is 4.90 Å². The van der Waals surface area contributed by atoms with E-state index in [-0.39, 0.29) is 16.7 Å². The minimum atomic E-state index is -3.99. The van der Waals surface area contributed by atoms with Crippen LogP contribution in [-0.4, -0.2) is 24.7 Å². The Labute approximate surface area is 188 Å². The van der Waals surface area contributed by atoms with E-state index in [1.165, 1.54) is 4.31 Å². The molecule has 1 aromatic heterocycles. The highest BCUT2D eigenvalue weighted by molar-refractivity contribution is 7.92. The van der Waals surface area contributed by atoms with E-state index in [9.17, 15) is 13.5 Å². The second-order valence-electron chi connectivity index (χ2n) is 8.65. The maximum Gasteiger partial charge on any atom is 0.267 e. The molecule has 32 heavy (non-hydrogen) atoms. The third-order valence-electron chi connectivity index (χ3n) is 6.59. The van der Waals surface area contributed by atoms with Crippen LogP contribution in [0.2, 0.25) is 0 Å². The number of aryl methyl sites for hydroxylation is 2. The summed E-state index contributed by atoms with van der Waals surface area (Å²) in [7, 11) is -3.99. The van der Waals surface area contributed by atoms with E-state index in [1.807, 2.05) is 50.2 Å². The molecule has 0 amide bonds. The lowest BCUT2D eigenvalue weighted by Gasteiger charge is -2.42. The molecule has 0 saturated heterocycles. The summed E-state index contributed by atoms with van der Waals surface area (Å²) < 4.78 is 28.7. The highest BCUT2D eigenvalue weighted by Crippen LogP contribution is 2.50. The maximum atomic E-state index is 13.8. The Morgan fingerprint density at radius 1 is 0.906 bits per heavy atom. The average Bonchev–Trinajstić information content (AvgIpc) is 3.14. The van der Waals surface area contributed by atoms with Gasteiger partial charge in [-0.15, -0.1) is 0 Å². The SMILES string of the molecule is Cc1ccc(S(=O)(=O)N2c3[nH]c4ccccc4c3[C@H](c3ccccc3C)[C@@H](C)[C@H]2O)cc1. The predicted molar refractivity (Wildman–Crippen MR) is 127 cm³/mol. The number of aromatic nitrogens is 1. The van der Waals surface area contributed by atoms with Crippen LogP contribution in [0.25, 0.3) is 10.9 Å². The molecule has 164 valence electrons. The smallest absolute Gasteiger partial charge is 0.267 e. The number of fused-ring (bicyclic) bond motifs is 3. The number of nitrogens with zero attached hydrogens (tertiary/aromatic N) is 1. The van der Waals surface area contributed by atoms with Gasteiger partial charge in [0.25, 0.3) is 10.0 Å². The molecule has 6 heteroatoms. The molecule has 1 aliphatic rings. The van der Waals surface area contributed by atoms with Crippen LogP contribution in [0.3, 0.4) is 0 Å². The summed E-state index contributed by atoms with van der Waals surface area (Å²) in [4.78, 5) is 3.47. The minimum Gasteiger partial charge on any atom is -0.372 e. The number of para-hydroxylation sites is 1. The number of anilines is 1. The van der Waals surface area contributed by atoms with Gasteiger partial charge in [0, 0.05) is 28.3 Å². The largest absolute Gasteiger partial charge is 0.372 e. The molecule has 1 aliphatic heterocycles. The van der Waals surface area contributed by atoms with Gasteiger partial charge in [0.1, 0.15) is 12.0 Å². The van der Waals surface area contributed by atoms with Crippen molar-refractivity contribution in [2.75, 3.05) is 4.31 Å². The van der Waals surface area contributed by atoms with Gasteiger partial charge in [-0.05, 0) is 43.2 Å². The summed E-state index contributed by atoms with van der Waals surface area (Å²) in [6.07, 6.45) is -1.22. The van der Waals surface area contributed by atoms with Crippen LogP contribution in [0, 0.1) is 19.8 Å². The standard InChI is InChI=1S/C26H26N2O3S/c1-16-12-14-19(15-13-16)32(30,31)28-25-24(21-10-6-7-11-22(21)27-25)23(18(3)26(28)29)20-9-5-4-8-17(20)2/h4-15,18,23,26-27,29H,1-3H3/t18-,23+,26-/m1/s1. The van der Waals surface area contributed by atoms with Crippen molar-refractivity contribution in [2.45, 2.75) is 37.8 Å². The first-order valence-electron chi connectivity index (χ1n) is 10.8. The number of benzene rings is 3. The summed E-state index contributed by atoms with van der Waals surface area (Å²) >= 11 is 0. The van der Waals surface area contributed by atoms with E-state index in [4.69, 9.17) is 0 Å². The van der Waals surface area contributed by atoms with Gasteiger partial charge in [0.2, 0.25) is 0 Å². The number of sulfonamides is 1. The summed E-state index contributed by atoms with van der Waals surface area (Å²) in [5.41, 5.74) is 4.94. The van der Waals surface area contributed by atoms with Crippen molar-refractivity contribution in [3.05, 3.63) is 95.1 Å². The van der Waals surface area contributed by atoms with Crippen molar-refractivity contribution >= 4 is 26.7 Å². The number of aliphatic hydroxyl groups excluding tert-OH is 1. The molecule has 3 atom stereocenters. The normalized spacial score (nSPS) is 21.0. The Morgan fingerprint density at radius 3 is 2.28 bits per heavy atom. The van der Waals surface area contributed by atoms with Crippen LogP contribution in [0.4, 0.5) is 5.82 Å². The van der Waals surface area contributed by atoms with Crippen LogP contribution in [-0.2, 0) is 10.0 Å². The second-order valence-corrected chi connectivity index (χ2v) is 10.5. The molecule has 5 rings (SSSR count). The molecule has 0 unspecified atom stereocenters. The molecule has 3 aromatic carbocycles. The lowest BCUT2D eigenvalue weighted by Crippen LogP contribution is -2.49. The van der Waals surface area contributed by atoms with Gasteiger partial charge >= 0.3 is 0 Å². The number of H-pyrrole nitrogens is 1. The minimum absolute atomic E-state index is 0.151. The first kappa shape index (κ1) is 20.8. The molecular formula is C26H26N2O3S. The predicted octanol–water partition coefficient (Wildman–Crippen LogP) is 5.08. The van der Waals surface area contributed by atoms with Crippen molar-refractivity contribution in [3.8, 4) is 0 Å². The summed E-state index contributed by atoms with van der Waals surface area (Å²) in [6.45, 7) is 5.89. The summed E-state index contributed by atoms with van der Waals surface area (Å²) in [6, 6.07) is 22.7. The van der Waals surface area contributed by atoms with Gasteiger partial charge < -0.3 is 10.1 Å². The second kappa shape index (κ2) is 7.50. The highest BCUT2D eigenvalue weighted by Gasteiger charge is 2.46. The topological polar surface area (TPSA) is 73.4 Å². The Bertz CT molecular complexity index is 1410. The Balaban J connectivity index is 1.79. The van der Waals surface area contributed by atoms with Gasteiger partial charge in [-0.1, -0.05) is 67.1 Å². The number of nitrogens with one attached hydrogen (secondary N) is 1. The molecule has 0 fully saturated rings. The number of rotatable bonds is 3. The van der Waals surface area contributed by atoms with Gasteiger partial charge in [-0.2, -0.15) is 0 Å². The van der Waals surface area contributed by atoms with E-state index in [0.717, 1.165) is 33.2 Å². The molecule has 0 bridgehead atoms. The number of aromatic amines is 1. The Kier molecular flexibility index (Phi) is 4.87. The maximum absolute atomic E-state index is 13.8. The lowest BCUT2D eigenvalue weighted by molar-refractivity contribution is 0.112.